The third kappa shape index (κ3) is 5.57. The molecule has 9 heteroatoms. The second kappa shape index (κ2) is 10.0. The van der Waals surface area contributed by atoms with E-state index in [-0.39, 0.29) is 31.3 Å². The fourth-order valence-electron chi connectivity index (χ4n) is 2.57. The minimum absolute atomic E-state index is 0.00572. The Morgan fingerprint density at radius 2 is 1.48 bits per heavy atom. The van der Waals surface area contributed by atoms with Crippen LogP contribution in [0.25, 0.3) is 0 Å². The number of carbonyl (C=O) groups is 1. The van der Waals surface area contributed by atoms with Gasteiger partial charge >= 0.3 is 0 Å². The molecule has 0 N–H and O–H groups in total. The van der Waals surface area contributed by atoms with Crippen molar-refractivity contribution in [2.45, 2.75) is 19.5 Å². The summed E-state index contributed by atoms with van der Waals surface area (Å²) in [6.45, 7) is 0.253. The van der Waals surface area contributed by atoms with E-state index in [1.54, 1.807) is 36.4 Å². The van der Waals surface area contributed by atoms with Crippen molar-refractivity contribution in [3.05, 3.63) is 79.1 Å². The molecule has 0 saturated heterocycles. The molecule has 5 nitrogen and oxygen atoms in total. The first-order valence-electron chi connectivity index (χ1n) is 8.44. The molecule has 1 aliphatic heterocycles. The lowest BCUT2D eigenvalue weighted by atomic mass is 10.2. The topological polar surface area (TPSA) is 54.0 Å². The molecular weight excluding hydrogens is 462 g/mol. The number of ether oxygens (including phenoxy) is 4. The number of benzene rings is 2. The SMILES string of the molecule is COC1OC(COCc2ccc(Cl)cc2Cl)=C(OCc2ccc(Cl)cc2Cl)C1=O. The number of rotatable bonds is 8. The highest BCUT2D eigenvalue weighted by Gasteiger charge is 2.37. The van der Waals surface area contributed by atoms with Crippen molar-refractivity contribution in [2.75, 3.05) is 13.7 Å². The number of Topliss-reactive ketones (excluding diaryl/α,β-unsaturated/α-hetero) is 1. The van der Waals surface area contributed by atoms with Gasteiger partial charge < -0.3 is 18.9 Å². The zero-order valence-corrected chi connectivity index (χ0v) is 18.2. The van der Waals surface area contributed by atoms with E-state index >= 15 is 0 Å². The number of ketones is 1. The van der Waals surface area contributed by atoms with Crippen LogP contribution in [0.5, 0.6) is 0 Å². The summed E-state index contributed by atoms with van der Waals surface area (Å²) >= 11 is 24.1. The molecule has 1 aliphatic rings. The third-order valence-corrected chi connectivity index (χ3v) is 5.22. The second-order valence-corrected chi connectivity index (χ2v) is 7.74. The molecule has 0 fully saturated rings. The van der Waals surface area contributed by atoms with Gasteiger partial charge in [0.25, 0.3) is 12.1 Å². The molecule has 3 rings (SSSR count). The van der Waals surface area contributed by atoms with Crippen molar-refractivity contribution in [1.82, 2.24) is 0 Å². The van der Waals surface area contributed by atoms with E-state index in [0.29, 0.717) is 25.7 Å². The fourth-order valence-corrected chi connectivity index (χ4v) is 3.49. The summed E-state index contributed by atoms with van der Waals surface area (Å²) in [6, 6.07) is 10.1. The van der Waals surface area contributed by atoms with Crippen LogP contribution >= 0.6 is 46.4 Å². The Bertz CT molecular complexity index is 944. The Morgan fingerprint density at radius 3 is 2.03 bits per heavy atom. The van der Waals surface area contributed by atoms with Gasteiger partial charge in [-0.3, -0.25) is 4.79 Å². The fraction of sp³-hybridized carbons (Fsp3) is 0.250. The number of hydrogen-bond donors (Lipinski definition) is 0. The molecule has 1 unspecified atom stereocenters. The van der Waals surface area contributed by atoms with Crippen molar-refractivity contribution in [1.29, 1.82) is 0 Å². The highest BCUT2D eigenvalue weighted by atomic mass is 35.5. The van der Waals surface area contributed by atoms with E-state index in [1.807, 2.05) is 0 Å². The standard InChI is InChI=1S/C20H16Cl4O5/c1-26-20-18(25)19(28-9-12-3-5-14(22)7-16(12)24)17(29-20)10-27-8-11-2-4-13(21)6-15(11)23/h2-7,20H,8-10H2,1H3. The molecule has 0 amide bonds. The third-order valence-electron chi connectivity index (χ3n) is 4.05. The Morgan fingerprint density at radius 1 is 0.897 bits per heavy atom. The Hall–Kier alpha value is -1.47. The molecular formula is C20H16Cl4O5. The maximum Gasteiger partial charge on any atom is 0.269 e. The lowest BCUT2D eigenvalue weighted by Crippen LogP contribution is -2.21. The number of carbonyl (C=O) groups excluding carboxylic acids is 1. The molecule has 1 atom stereocenters. The summed E-state index contributed by atoms with van der Waals surface area (Å²) in [7, 11) is 1.37. The Balaban J connectivity index is 1.68. The first-order valence-corrected chi connectivity index (χ1v) is 9.95. The van der Waals surface area contributed by atoms with Crippen LogP contribution in [0.3, 0.4) is 0 Å². The van der Waals surface area contributed by atoms with Gasteiger partial charge in [-0.1, -0.05) is 58.5 Å². The van der Waals surface area contributed by atoms with Crippen LogP contribution in [-0.4, -0.2) is 25.8 Å². The van der Waals surface area contributed by atoms with Gasteiger partial charge in [0.15, 0.2) is 5.76 Å². The monoisotopic (exact) mass is 476 g/mol. The minimum atomic E-state index is -1.08. The maximum atomic E-state index is 12.5. The van der Waals surface area contributed by atoms with Gasteiger partial charge in [0.2, 0.25) is 5.76 Å². The van der Waals surface area contributed by atoms with Crippen LogP contribution in [0, 0.1) is 0 Å². The average molecular weight is 478 g/mol. The number of halogens is 4. The van der Waals surface area contributed by atoms with Crippen molar-refractivity contribution in [2.24, 2.45) is 0 Å². The van der Waals surface area contributed by atoms with Gasteiger partial charge in [-0.25, -0.2) is 0 Å². The van der Waals surface area contributed by atoms with Gasteiger partial charge in [0.05, 0.1) is 6.61 Å². The lowest BCUT2D eigenvalue weighted by Gasteiger charge is -2.10. The molecule has 0 radical (unpaired) electrons. The highest BCUT2D eigenvalue weighted by molar-refractivity contribution is 6.35. The van der Waals surface area contributed by atoms with Crippen molar-refractivity contribution >= 4 is 52.2 Å². The van der Waals surface area contributed by atoms with E-state index < -0.39 is 12.1 Å². The van der Waals surface area contributed by atoms with Crippen LogP contribution in [0.4, 0.5) is 0 Å². The van der Waals surface area contributed by atoms with Crippen LogP contribution < -0.4 is 0 Å². The maximum absolute atomic E-state index is 12.5. The average Bonchev–Trinajstić information content (AvgIpc) is 2.98. The zero-order valence-electron chi connectivity index (χ0n) is 15.2. The van der Waals surface area contributed by atoms with E-state index in [1.165, 1.54) is 7.11 Å². The molecule has 2 aromatic rings. The normalized spacial score (nSPS) is 16.3. The van der Waals surface area contributed by atoms with Gasteiger partial charge in [-0.15, -0.1) is 0 Å². The van der Waals surface area contributed by atoms with Crippen molar-refractivity contribution in [3.63, 3.8) is 0 Å². The minimum Gasteiger partial charge on any atom is -0.482 e. The van der Waals surface area contributed by atoms with Gasteiger partial charge in [0.1, 0.15) is 13.2 Å². The van der Waals surface area contributed by atoms with Crippen molar-refractivity contribution in [3.8, 4) is 0 Å². The molecule has 0 aromatic heterocycles. The molecule has 0 spiro atoms. The highest BCUT2D eigenvalue weighted by Crippen LogP contribution is 2.28. The van der Waals surface area contributed by atoms with Crippen LogP contribution in [-0.2, 0) is 37.0 Å². The Kier molecular flexibility index (Phi) is 7.68. The smallest absolute Gasteiger partial charge is 0.269 e. The summed E-state index contributed by atoms with van der Waals surface area (Å²) in [6.07, 6.45) is -1.08. The molecule has 1 heterocycles. The largest absolute Gasteiger partial charge is 0.482 e. The quantitative estimate of drug-likeness (QED) is 0.479. The summed E-state index contributed by atoms with van der Waals surface area (Å²) in [5, 5.41) is 1.96. The van der Waals surface area contributed by atoms with Crippen molar-refractivity contribution < 1.29 is 23.7 Å². The van der Waals surface area contributed by atoms with Gasteiger partial charge in [0, 0.05) is 32.8 Å². The van der Waals surface area contributed by atoms with Crippen LogP contribution in [0.2, 0.25) is 20.1 Å². The summed E-state index contributed by atoms with van der Waals surface area (Å²) in [5.74, 6) is -0.164. The first kappa shape index (κ1) is 22.2. The van der Waals surface area contributed by atoms with E-state index in [2.05, 4.69) is 0 Å². The lowest BCUT2D eigenvalue weighted by molar-refractivity contribution is -0.146. The van der Waals surface area contributed by atoms with E-state index in [9.17, 15) is 4.79 Å². The first-order chi connectivity index (χ1) is 13.9. The molecule has 154 valence electrons. The van der Waals surface area contributed by atoms with Crippen LogP contribution in [0.1, 0.15) is 11.1 Å². The number of hydrogen-bond acceptors (Lipinski definition) is 5. The predicted molar refractivity (Wildman–Crippen MR) is 111 cm³/mol. The van der Waals surface area contributed by atoms with E-state index in [4.69, 9.17) is 65.4 Å². The second-order valence-electron chi connectivity index (χ2n) is 6.05. The molecule has 0 aliphatic carbocycles. The summed E-state index contributed by atoms with van der Waals surface area (Å²) < 4.78 is 21.9. The molecule has 0 saturated carbocycles. The van der Waals surface area contributed by atoms with Crippen LogP contribution in [0.15, 0.2) is 47.9 Å². The molecule has 29 heavy (non-hydrogen) atoms. The predicted octanol–water partition coefficient (Wildman–Crippen LogP) is 5.82. The van der Waals surface area contributed by atoms with Gasteiger partial charge in [-0.2, -0.15) is 0 Å². The zero-order chi connectivity index (χ0) is 21.0. The van der Waals surface area contributed by atoms with E-state index in [0.717, 1.165) is 5.56 Å². The Labute approximate surface area is 188 Å². The number of methoxy groups -OCH3 is 1. The molecule has 0 bridgehead atoms. The molecule has 2 aromatic carbocycles. The van der Waals surface area contributed by atoms with Gasteiger partial charge in [-0.05, 0) is 29.8 Å². The summed E-state index contributed by atoms with van der Waals surface area (Å²) in [5.41, 5.74) is 1.42. The summed E-state index contributed by atoms with van der Waals surface area (Å²) in [4.78, 5) is 12.5.